The number of halogens is 1. The van der Waals surface area contributed by atoms with Gasteiger partial charge in [-0.15, -0.1) is 0 Å². The molecule has 0 saturated carbocycles. The standard InChI is InChI=1S/C12H11ClN2O2S/c1-7-10(12(16)17)11(15(2)14-7)18-9-6-4-3-5-8(9)13/h3-6H,1-2H3,(H,16,17). The summed E-state index contributed by atoms with van der Waals surface area (Å²) in [4.78, 5) is 12.0. The Bertz CT molecular complexity index is 610. The van der Waals surface area contributed by atoms with Gasteiger partial charge in [-0.3, -0.25) is 4.68 Å². The Morgan fingerprint density at radius 3 is 2.72 bits per heavy atom. The first kappa shape index (κ1) is 13.0. The predicted molar refractivity (Wildman–Crippen MR) is 70.5 cm³/mol. The maximum absolute atomic E-state index is 11.2. The smallest absolute Gasteiger partial charge is 0.340 e. The van der Waals surface area contributed by atoms with Crippen LogP contribution in [-0.4, -0.2) is 20.9 Å². The SMILES string of the molecule is Cc1nn(C)c(Sc2ccccc2Cl)c1C(=O)O. The summed E-state index contributed by atoms with van der Waals surface area (Å²) >= 11 is 7.37. The number of carbonyl (C=O) groups is 1. The monoisotopic (exact) mass is 282 g/mol. The lowest BCUT2D eigenvalue weighted by Crippen LogP contribution is -2.00. The number of hydrogen-bond acceptors (Lipinski definition) is 3. The fraction of sp³-hybridized carbons (Fsp3) is 0.167. The second kappa shape index (κ2) is 5.04. The van der Waals surface area contributed by atoms with Crippen LogP contribution < -0.4 is 0 Å². The summed E-state index contributed by atoms with van der Waals surface area (Å²) in [5, 5.41) is 14.5. The lowest BCUT2D eigenvalue weighted by atomic mass is 10.3. The van der Waals surface area contributed by atoms with Gasteiger partial charge in [0.1, 0.15) is 10.6 Å². The lowest BCUT2D eigenvalue weighted by molar-refractivity contribution is 0.0692. The van der Waals surface area contributed by atoms with E-state index in [2.05, 4.69) is 5.10 Å². The summed E-state index contributed by atoms with van der Waals surface area (Å²) in [6.45, 7) is 1.68. The number of aryl methyl sites for hydroxylation is 2. The fourth-order valence-corrected chi connectivity index (χ4v) is 2.91. The van der Waals surface area contributed by atoms with Crippen LogP contribution in [0.4, 0.5) is 0 Å². The average molecular weight is 283 g/mol. The molecule has 6 heteroatoms. The van der Waals surface area contributed by atoms with Gasteiger partial charge in [-0.1, -0.05) is 35.5 Å². The van der Waals surface area contributed by atoms with Crippen LogP contribution in [0.15, 0.2) is 34.2 Å². The number of carboxylic acid groups (broad SMARTS) is 1. The summed E-state index contributed by atoms with van der Waals surface area (Å²) in [5.74, 6) is -0.977. The van der Waals surface area contributed by atoms with E-state index >= 15 is 0 Å². The van der Waals surface area contributed by atoms with Gasteiger partial charge in [0.2, 0.25) is 0 Å². The zero-order valence-corrected chi connectivity index (χ0v) is 11.4. The van der Waals surface area contributed by atoms with Crippen molar-refractivity contribution in [3.05, 3.63) is 40.5 Å². The molecule has 0 aliphatic rings. The van der Waals surface area contributed by atoms with Gasteiger partial charge < -0.3 is 5.11 Å². The second-order valence-electron chi connectivity index (χ2n) is 3.73. The molecule has 0 unspecified atom stereocenters. The molecule has 94 valence electrons. The molecule has 1 aromatic heterocycles. The summed E-state index contributed by atoms with van der Waals surface area (Å²) in [5.41, 5.74) is 0.724. The quantitative estimate of drug-likeness (QED) is 0.939. The van der Waals surface area contributed by atoms with Crippen LogP contribution in [0.1, 0.15) is 16.1 Å². The van der Waals surface area contributed by atoms with E-state index in [0.29, 0.717) is 15.7 Å². The van der Waals surface area contributed by atoms with Crippen molar-refractivity contribution in [3.8, 4) is 0 Å². The van der Waals surface area contributed by atoms with Gasteiger partial charge >= 0.3 is 5.97 Å². The van der Waals surface area contributed by atoms with Crippen molar-refractivity contribution in [1.29, 1.82) is 0 Å². The molecule has 0 saturated heterocycles. The maximum atomic E-state index is 11.2. The van der Waals surface area contributed by atoms with Gasteiger partial charge in [0.05, 0.1) is 10.7 Å². The number of hydrogen-bond donors (Lipinski definition) is 1. The molecular formula is C12H11ClN2O2S. The largest absolute Gasteiger partial charge is 0.478 e. The highest BCUT2D eigenvalue weighted by molar-refractivity contribution is 7.99. The molecule has 1 heterocycles. The van der Waals surface area contributed by atoms with Gasteiger partial charge in [-0.25, -0.2) is 4.79 Å². The molecule has 0 radical (unpaired) electrons. The molecule has 2 aromatic rings. The third-order valence-corrected chi connectivity index (χ3v) is 4.11. The highest BCUT2D eigenvalue weighted by Crippen LogP contribution is 2.35. The van der Waals surface area contributed by atoms with E-state index in [1.807, 2.05) is 18.2 Å². The molecule has 0 spiro atoms. The van der Waals surface area contributed by atoms with E-state index in [9.17, 15) is 9.90 Å². The Morgan fingerprint density at radius 2 is 2.11 bits per heavy atom. The molecule has 18 heavy (non-hydrogen) atoms. The topological polar surface area (TPSA) is 55.1 Å². The van der Waals surface area contributed by atoms with Gasteiger partial charge in [0.25, 0.3) is 0 Å². The van der Waals surface area contributed by atoms with E-state index in [-0.39, 0.29) is 5.56 Å². The van der Waals surface area contributed by atoms with Crippen molar-refractivity contribution in [2.45, 2.75) is 16.8 Å². The van der Waals surface area contributed by atoms with Gasteiger partial charge in [0, 0.05) is 11.9 Å². The first-order valence-electron chi connectivity index (χ1n) is 5.20. The van der Waals surface area contributed by atoms with Crippen LogP contribution in [-0.2, 0) is 7.05 Å². The van der Waals surface area contributed by atoms with E-state index in [0.717, 1.165) is 4.90 Å². The molecule has 0 aliphatic heterocycles. The van der Waals surface area contributed by atoms with Crippen molar-refractivity contribution in [1.82, 2.24) is 9.78 Å². The van der Waals surface area contributed by atoms with E-state index < -0.39 is 5.97 Å². The van der Waals surface area contributed by atoms with Crippen LogP contribution in [0.2, 0.25) is 5.02 Å². The van der Waals surface area contributed by atoms with Crippen molar-refractivity contribution >= 4 is 29.3 Å². The minimum Gasteiger partial charge on any atom is -0.478 e. The van der Waals surface area contributed by atoms with E-state index in [4.69, 9.17) is 11.6 Å². The van der Waals surface area contributed by atoms with Crippen LogP contribution in [0, 0.1) is 6.92 Å². The van der Waals surface area contributed by atoms with Crippen LogP contribution in [0.3, 0.4) is 0 Å². The molecule has 0 bridgehead atoms. The van der Waals surface area contributed by atoms with Gasteiger partial charge in [-0.2, -0.15) is 5.10 Å². The van der Waals surface area contributed by atoms with Gasteiger partial charge in [0.15, 0.2) is 0 Å². The fourth-order valence-electron chi connectivity index (χ4n) is 1.63. The molecule has 0 aliphatic carbocycles. The first-order chi connectivity index (χ1) is 8.50. The average Bonchev–Trinajstić information content (AvgIpc) is 2.57. The third kappa shape index (κ3) is 2.37. The minimum atomic E-state index is -0.977. The highest BCUT2D eigenvalue weighted by atomic mass is 35.5. The number of aromatic nitrogens is 2. The van der Waals surface area contributed by atoms with Crippen molar-refractivity contribution in [2.24, 2.45) is 7.05 Å². The van der Waals surface area contributed by atoms with Crippen LogP contribution >= 0.6 is 23.4 Å². The summed E-state index contributed by atoms with van der Waals surface area (Å²) in [7, 11) is 1.72. The second-order valence-corrected chi connectivity index (χ2v) is 5.16. The van der Waals surface area contributed by atoms with Crippen molar-refractivity contribution in [3.63, 3.8) is 0 Å². The lowest BCUT2D eigenvalue weighted by Gasteiger charge is -2.05. The molecule has 4 nitrogen and oxygen atoms in total. The Morgan fingerprint density at radius 1 is 1.44 bits per heavy atom. The van der Waals surface area contributed by atoms with Crippen LogP contribution in [0.5, 0.6) is 0 Å². The van der Waals surface area contributed by atoms with E-state index in [1.165, 1.54) is 11.8 Å². The number of aromatic carboxylic acids is 1. The zero-order valence-electron chi connectivity index (χ0n) is 9.85. The Balaban J connectivity index is 2.47. The van der Waals surface area contributed by atoms with Crippen molar-refractivity contribution < 1.29 is 9.90 Å². The number of benzene rings is 1. The Labute approximate surface area is 114 Å². The predicted octanol–water partition coefficient (Wildman–Crippen LogP) is 3.23. The summed E-state index contributed by atoms with van der Waals surface area (Å²) < 4.78 is 1.56. The number of rotatable bonds is 3. The molecule has 0 fully saturated rings. The zero-order chi connectivity index (χ0) is 13.3. The molecule has 0 atom stereocenters. The van der Waals surface area contributed by atoms with E-state index in [1.54, 1.807) is 24.7 Å². The molecular weight excluding hydrogens is 272 g/mol. The Kier molecular flexibility index (Phi) is 3.63. The molecule has 2 rings (SSSR count). The summed E-state index contributed by atoms with van der Waals surface area (Å²) in [6.07, 6.45) is 0. The number of carboxylic acids is 1. The molecule has 1 aromatic carbocycles. The molecule has 0 amide bonds. The van der Waals surface area contributed by atoms with Gasteiger partial charge in [-0.05, 0) is 19.1 Å². The Hall–Kier alpha value is -1.46. The summed E-state index contributed by atoms with van der Waals surface area (Å²) in [6, 6.07) is 7.31. The minimum absolute atomic E-state index is 0.224. The normalized spacial score (nSPS) is 10.6. The van der Waals surface area contributed by atoms with Crippen LogP contribution in [0.25, 0.3) is 0 Å². The van der Waals surface area contributed by atoms with Crippen molar-refractivity contribution in [2.75, 3.05) is 0 Å². The number of nitrogens with zero attached hydrogens (tertiary/aromatic N) is 2. The molecule has 1 N–H and O–H groups in total. The highest BCUT2D eigenvalue weighted by Gasteiger charge is 2.20. The maximum Gasteiger partial charge on any atom is 0.340 e. The third-order valence-electron chi connectivity index (χ3n) is 2.43. The first-order valence-corrected chi connectivity index (χ1v) is 6.39.